The maximum absolute atomic E-state index is 14.2. The molecule has 1 amide bonds. The van der Waals surface area contributed by atoms with Gasteiger partial charge in [-0.15, -0.1) is 0 Å². The maximum atomic E-state index is 14.2. The Kier molecular flexibility index (Phi) is 9.07. The molecule has 48 heavy (non-hydrogen) atoms. The van der Waals surface area contributed by atoms with Crippen molar-refractivity contribution in [3.8, 4) is 0 Å². The molecule has 1 heterocycles. The maximum Gasteiger partial charge on any atom is 0.309 e. The Morgan fingerprint density at radius 3 is 2.31 bits per heavy atom. The molecule has 6 rings (SSSR count). The Morgan fingerprint density at radius 2 is 1.67 bits per heavy atom. The average Bonchev–Trinajstić information content (AvgIpc) is 3.62. The minimum absolute atomic E-state index is 0.0814. The van der Waals surface area contributed by atoms with Crippen molar-refractivity contribution in [2.24, 2.45) is 56.7 Å². The van der Waals surface area contributed by atoms with Gasteiger partial charge in [-0.1, -0.05) is 41.5 Å². The quantitative estimate of drug-likeness (QED) is 0.242. The third-order valence-electron chi connectivity index (χ3n) is 15.1. The normalized spacial score (nSPS) is 40.5. The van der Waals surface area contributed by atoms with Gasteiger partial charge in [0, 0.05) is 24.4 Å². The molecule has 0 spiro atoms. The van der Waals surface area contributed by atoms with Crippen LogP contribution in [0.3, 0.4) is 0 Å². The number of carbonyl (C=O) groups is 4. The molecule has 5 unspecified atom stereocenters. The van der Waals surface area contributed by atoms with Crippen molar-refractivity contribution < 1.29 is 29.0 Å². The predicted octanol–water partition coefficient (Wildman–Crippen LogP) is 6.86. The molecule has 5 fully saturated rings. The first-order chi connectivity index (χ1) is 22.4. The van der Waals surface area contributed by atoms with Gasteiger partial charge in [0.25, 0.3) is 0 Å². The SMILES string of the molecule is CC(C)C1=C2C3CCC4[C@@](C)(CCC5C(C)(C)[C@@H](OC(=O)CC(C)(C)C(=O)O)CC[C@@]54C)C3CCC2(C(=O)NC[C@@H]2CCCN2)CC1=O. The van der Waals surface area contributed by atoms with Crippen LogP contribution in [0.15, 0.2) is 11.1 Å². The number of carboxylic acids is 1. The number of allylic oxidation sites excluding steroid dienone is 1. The van der Waals surface area contributed by atoms with Gasteiger partial charge < -0.3 is 20.5 Å². The van der Waals surface area contributed by atoms with Crippen molar-refractivity contribution in [3.63, 3.8) is 0 Å². The first kappa shape index (κ1) is 35.6. The Hall–Kier alpha value is -2.22. The van der Waals surface area contributed by atoms with Crippen molar-refractivity contribution in [1.82, 2.24) is 10.6 Å². The lowest BCUT2D eigenvalue weighted by Crippen LogP contribution is -2.63. The van der Waals surface area contributed by atoms with Gasteiger partial charge in [0.05, 0.1) is 17.3 Å². The summed E-state index contributed by atoms with van der Waals surface area (Å²) in [6.45, 7) is 18.6. The summed E-state index contributed by atoms with van der Waals surface area (Å²) in [5.41, 5.74) is 0.281. The van der Waals surface area contributed by atoms with Crippen LogP contribution in [0.5, 0.6) is 0 Å². The molecular weight excluding hydrogens is 604 g/mol. The van der Waals surface area contributed by atoms with E-state index in [1.807, 2.05) is 0 Å². The number of hydrogen-bond acceptors (Lipinski definition) is 6. The number of fused-ring (bicyclic) bond motifs is 7. The second-order valence-corrected chi connectivity index (χ2v) is 18.9. The summed E-state index contributed by atoms with van der Waals surface area (Å²) in [4.78, 5) is 52.7. The molecule has 268 valence electrons. The van der Waals surface area contributed by atoms with Crippen LogP contribution in [0.2, 0.25) is 0 Å². The molecule has 8 heteroatoms. The van der Waals surface area contributed by atoms with E-state index in [0.29, 0.717) is 36.8 Å². The lowest BCUT2D eigenvalue weighted by Gasteiger charge is -2.68. The standard InChI is InChI=1S/C40H62N2O6/c1-23(2)32-27(43)20-40(34(45)42-22-24-10-9-19-41-24)18-13-26-25(33(32)40)11-12-29-38(26,7)16-14-28-37(5,6)30(15-17-39(28,29)8)48-31(44)21-36(3,4)35(46)47/h23-26,28-30,41H,9-22H2,1-8H3,(H,42,45)(H,46,47)/t24-,25?,26?,28?,29?,30-,38-,39-,40?/m0/s1. The lowest BCUT2D eigenvalue weighted by atomic mass is 9.36. The van der Waals surface area contributed by atoms with E-state index in [1.54, 1.807) is 13.8 Å². The van der Waals surface area contributed by atoms with Crippen molar-refractivity contribution in [1.29, 1.82) is 0 Å². The summed E-state index contributed by atoms with van der Waals surface area (Å²) < 4.78 is 6.13. The molecule has 0 bridgehead atoms. The minimum Gasteiger partial charge on any atom is -0.481 e. The monoisotopic (exact) mass is 666 g/mol. The summed E-state index contributed by atoms with van der Waals surface area (Å²) in [6.07, 6.45) is 9.98. The van der Waals surface area contributed by atoms with Gasteiger partial charge in [0.1, 0.15) is 6.10 Å². The van der Waals surface area contributed by atoms with Crippen LogP contribution in [-0.4, -0.2) is 54.0 Å². The average molecular weight is 667 g/mol. The van der Waals surface area contributed by atoms with Gasteiger partial charge in [-0.05, 0) is 136 Å². The van der Waals surface area contributed by atoms with Crippen LogP contribution in [-0.2, 0) is 23.9 Å². The van der Waals surface area contributed by atoms with Crippen LogP contribution < -0.4 is 10.6 Å². The number of amides is 1. The van der Waals surface area contributed by atoms with Crippen LogP contribution in [0.4, 0.5) is 0 Å². The van der Waals surface area contributed by atoms with Crippen molar-refractivity contribution in [2.75, 3.05) is 13.1 Å². The van der Waals surface area contributed by atoms with Crippen molar-refractivity contribution in [2.45, 2.75) is 145 Å². The molecule has 4 saturated carbocycles. The molecule has 1 aliphatic heterocycles. The minimum atomic E-state index is -1.16. The summed E-state index contributed by atoms with van der Waals surface area (Å²) in [7, 11) is 0. The summed E-state index contributed by atoms with van der Waals surface area (Å²) >= 11 is 0. The number of ketones is 1. The second-order valence-electron chi connectivity index (χ2n) is 18.9. The zero-order chi connectivity index (χ0) is 35.0. The Bertz CT molecular complexity index is 1380. The van der Waals surface area contributed by atoms with Crippen LogP contribution in [0.25, 0.3) is 0 Å². The van der Waals surface area contributed by atoms with Gasteiger partial charge in [0.2, 0.25) is 5.91 Å². The van der Waals surface area contributed by atoms with Crippen LogP contribution >= 0.6 is 0 Å². The van der Waals surface area contributed by atoms with E-state index in [-0.39, 0.29) is 52.3 Å². The van der Waals surface area contributed by atoms with Gasteiger partial charge >= 0.3 is 11.9 Å². The number of esters is 1. The lowest BCUT2D eigenvalue weighted by molar-refractivity contribution is -0.213. The van der Waals surface area contributed by atoms with Crippen LogP contribution in [0.1, 0.15) is 132 Å². The van der Waals surface area contributed by atoms with E-state index in [1.165, 1.54) is 5.57 Å². The van der Waals surface area contributed by atoms with Gasteiger partial charge in [-0.2, -0.15) is 0 Å². The molecule has 5 aliphatic carbocycles. The molecule has 0 aromatic heterocycles. The largest absolute Gasteiger partial charge is 0.481 e. The fraction of sp³-hybridized carbons (Fsp3) is 0.850. The third-order valence-corrected chi connectivity index (χ3v) is 15.1. The molecule has 9 atom stereocenters. The zero-order valence-electron chi connectivity index (χ0n) is 30.9. The first-order valence-corrected chi connectivity index (χ1v) is 19.1. The number of Topliss-reactive ketones (excluding diaryl/α,β-unsaturated/α-hetero) is 1. The third kappa shape index (κ3) is 5.49. The van der Waals surface area contributed by atoms with E-state index in [9.17, 15) is 24.3 Å². The molecule has 6 aliphatic rings. The Labute approximate surface area is 288 Å². The highest BCUT2D eigenvalue weighted by Crippen LogP contribution is 2.73. The molecule has 3 N–H and O–H groups in total. The van der Waals surface area contributed by atoms with E-state index in [4.69, 9.17) is 4.74 Å². The van der Waals surface area contributed by atoms with Gasteiger partial charge in [0.15, 0.2) is 5.78 Å². The number of nitrogens with one attached hydrogen (secondary N) is 2. The van der Waals surface area contributed by atoms with E-state index in [0.717, 1.165) is 76.3 Å². The summed E-state index contributed by atoms with van der Waals surface area (Å²) in [5, 5.41) is 16.4. The molecule has 8 nitrogen and oxygen atoms in total. The van der Waals surface area contributed by atoms with E-state index < -0.39 is 22.8 Å². The van der Waals surface area contributed by atoms with Crippen molar-refractivity contribution in [3.05, 3.63) is 11.1 Å². The topological polar surface area (TPSA) is 122 Å². The number of hydrogen-bond donors (Lipinski definition) is 3. The Morgan fingerprint density at radius 1 is 0.958 bits per heavy atom. The molecule has 0 aromatic rings. The molecule has 1 saturated heterocycles. The number of aliphatic carboxylic acids is 1. The summed E-state index contributed by atoms with van der Waals surface area (Å²) in [5.74, 6) is 0.585. The van der Waals surface area contributed by atoms with Gasteiger partial charge in [-0.25, -0.2) is 0 Å². The van der Waals surface area contributed by atoms with Gasteiger partial charge in [-0.3, -0.25) is 19.2 Å². The number of rotatable bonds is 8. The predicted molar refractivity (Wildman–Crippen MR) is 185 cm³/mol. The molecular formula is C40H62N2O6. The first-order valence-electron chi connectivity index (χ1n) is 19.1. The smallest absolute Gasteiger partial charge is 0.309 e. The second kappa shape index (κ2) is 12.2. The highest BCUT2D eigenvalue weighted by Gasteiger charge is 2.67. The number of carboxylic acid groups (broad SMARTS) is 1. The zero-order valence-corrected chi connectivity index (χ0v) is 30.9. The van der Waals surface area contributed by atoms with E-state index in [2.05, 4.69) is 52.2 Å². The van der Waals surface area contributed by atoms with E-state index >= 15 is 0 Å². The number of carbonyl (C=O) groups excluding carboxylic acids is 3. The highest BCUT2D eigenvalue weighted by molar-refractivity contribution is 6.06. The Balaban J connectivity index is 1.25. The van der Waals surface area contributed by atoms with Crippen molar-refractivity contribution >= 4 is 23.6 Å². The highest BCUT2D eigenvalue weighted by atomic mass is 16.5. The molecule has 0 radical (unpaired) electrons. The molecule has 0 aromatic carbocycles. The fourth-order valence-electron chi connectivity index (χ4n) is 12.7. The van der Waals surface area contributed by atoms with Crippen LogP contribution in [0, 0.1) is 56.7 Å². The summed E-state index contributed by atoms with van der Waals surface area (Å²) in [6, 6.07) is 0.320. The number of ether oxygens (including phenoxy) is 1. The fourth-order valence-corrected chi connectivity index (χ4v) is 12.7.